The molecule has 8 rings (SSSR count). The Labute approximate surface area is 332 Å². The molecule has 0 amide bonds. The van der Waals surface area contributed by atoms with Crippen molar-refractivity contribution < 1.29 is 0 Å². The van der Waals surface area contributed by atoms with Crippen LogP contribution in [0.1, 0.15) is 58.7 Å². The third kappa shape index (κ3) is 7.32. The first-order valence-electron chi connectivity index (χ1n) is 19.6. The maximum absolute atomic E-state index is 3.95. The Balaban J connectivity index is 1.27. The van der Waals surface area contributed by atoms with Gasteiger partial charge in [0.2, 0.25) is 0 Å². The van der Waals surface area contributed by atoms with Crippen molar-refractivity contribution in [1.82, 2.24) is 5.32 Å². The lowest BCUT2D eigenvalue weighted by Crippen LogP contribution is -2.41. The summed E-state index contributed by atoms with van der Waals surface area (Å²) in [5, 5.41) is 3.95. The predicted octanol–water partition coefficient (Wildman–Crippen LogP) is 14.0. The van der Waals surface area contributed by atoms with Gasteiger partial charge in [-0.05, 0) is 159 Å². The van der Waals surface area contributed by atoms with Crippen molar-refractivity contribution in [2.75, 3.05) is 6.26 Å². The molecule has 0 aromatic heterocycles. The average molecular weight is 732 g/mol. The minimum atomic E-state index is -0.495. The highest BCUT2D eigenvalue weighted by atomic mass is 32.2. The number of aryl methyl sites for hydroxylation is 2. The summed E-state index contributed by atoms with van der Waals surface area (Å²) in [5.41, 5.74) is 19.0. The number of hydrogen-bond donors (Lipinski definition) is 1. The van der Waals surface area contributed by atoms with Gasteiger partial charge >= 0.3 is 0 Å². The molecule has 0 fully saturated rings. The summed E-state index contributed by atoms with van der Waals surface area (Å²) >= 11 is 1.80. The molecule has 272 valence electrons. The number of rotatable bonds is 10. The molecule has 1 heterocycles. The Bertz CT molecular complexity index is 2490. The molecule has 1 unspecified atom stereocenters. The monoisotopic (exact) mass is 731 g/mol. The van der Waals surface area contributed by atoms with Crippen LogP contribution >= 0.6 is 11.8 Å². The molecule has 0 saturated heterocycles. The zero-order valence-corrected chi connectivity index (χ0v) is 33.2. The van der Waals surface area contributed by atoms with E-state index in [9.17, 15) is 0 Å². The number of nitrogens with one attached hydrogen (secondary N) is 1. The lowest BCUT2D eigenvalue weighted by molar-refractivity contribution is 0.471. The Morgan fingerprint density at radius 3 is 2.20 bits per heavy atom. The SMILES string of the molecule is CCc1ccccc1-c1c(C)ccc(-c2ccccc2CC2(c3cccc(C4=CC=CCC4)c3)C=C(c3cccc(-c4ccccc4SC)c3)C=CN2)c1C. The Hall–Kier alpha value is -5.57. The van der Waals surface area contributed by atoms with Crippen LogP contribution in [0.5, 0.6) is 0 Å². The molecule has 2 heteroatoms. The third-order valence-electron chi connectivity index (χ3n) is 11.5. The second-order valence-corrected chi connectivity index (χ2v) is 15.7. The Morgan fingerprint density at radius 2 is 1.40 bits per heavy atom. The van der Waals surface area contributed by atoms with E-state index in [1.807, 2.05) is 0 Å². The van der Waals surface area contributed by atoms with E-state index in [0.29, 0.717) is 0 Å². The summed E-state index contributed by atoms with van der Waals surface area (Å²) < 4.78 is 0. The maximum Gasteiger partial charge on any atom is 0.0854 e. The van der Waals surface area contributed by atoms with Gasteiger partial charge in [-0.15, -0.1) is 11.8 Å². The van der Waals surface area contributed by atoms with Crippen LogP contribution in [0.15, 0.2) is 175 Å². The average Bonchev–Trinajstić information content (AvgIpc) is 3.25. The largest absolute Gasteiger partial charge is 0.378 e. The van der Waals surface area contributed by atoms with Crippen LogP contribution in [-0.4, -0.2) is 6.26 Å². The molecule has 1 atom stereocenters. The fraction of sp³-hybridized carbons (Fsp3) is 0.170. The van der Waals surface area contributed by atoms with Gasteiger partial charge in [-0.25, -0.2) is 0 Å². The van der Waals surface area contributed by atoms with Crippen LogP contribution in [0.2, 0.25) is 0 Å². The van der Waals surface area contributed by atoms with Gasteiger partial charge in [-0.1, -0.05) is 140 Å². The van der Waals surface area contributed by atoms with Crippen molar-refractivity contribution in [3.8, 4) is 33.4 Å². The summed E-state index contributed by atoms with van der Waals surface area (Å²) in [5.74, 6) is 0. The molecule has 0 spiro atoms. The summed E-state index contributed by atoms with van der Waals surface area (Å²) in [6, 6.07) is 49.6. The molecule has 0 radical (unpaired) electrons. The van der Waals surface area contributed by atoms with E-state index in [2.05, 4.69) is 202 Å². The first-order valence-corrected chi connectivity index (χ1v) is 20.8. The van der Waals surface area contributed by atoms with Gasteiger partial charge in [0, 0.05) is 11.3 Å². The quantitative estimate of drug-likeness (QED) is 0.141. The Kier molecular flexibility index (Phi) is 10.6. The van der Waals surface area contributed by atoms with Crippen molar-refractivity contribution in [2.45, 2.75) is 56.9 Å². The first-order chi connectivity index (χ1) is 27.0. The number of dihydropyridines is 1. The molecule has 1 nitrogen and oxygen atoms in total. The third-order valence-corrected chi connectivity index (χ3v) is 12.3. The van der Waals surface area contributed by atoms with E-state index < -0.39 is 5.54 Å². The van der Waals surface area contributed by atoms with E-state index in [0.717, 1.165) is 25.7 Å². The molecule has 55 heavy (non-hydrogen) atoms. The first kappa shape index (κ1) is 36.4. The van der Waals surface area contributed by atoms with E-state index in [4.69, 9.17) is 0 Å². The predicted molar refractivity (Wildman–Crippen MR) is 238 cm³/mol. The van der Waals surface area contributed by atoms with Gasteiger partial charge in [0.1, 0.15) is 0 Å². The van der Waals surface area contributed by atoms with Crippen molar-refractivity contribution in [3.05, 3.63) is 209 Å². The van der Waals surface area contributed by atoms with Crippen molar-refractivity contribution >= 4 is 22.9 Å². The number of thioether (sulfide) groups is 1. The van der Waals surface area contributed by atoms with E-state index in [1.54, 1.807) is 11.8 Å². The zero-order valence-electron chi connectivity index (χ0n) is 32.4. The van der Waals surface area contributed by atoms with Crippen molar-refractivity contribution in [3.63, 3.8) is 0 Å². The van der Waals surface area contributed by atoms with Crippen LogP contribution in [0.3, 0.4) is 0 Å². The van der Waals surface area contributed by atoms with E-state index in [1.165, 1.54) is 88.4 Å². The minimum Gasteiger partial charge on any atom is -0.378 e. The van der Waals surface area contributed by atoms with Gasteiger partial charge in [-0.3, -0.25) is 0 Å². The van der Waals surface area contributed by atoms with Crippen LogP contribution < -0.4 is 5.32 Å². The summed E-state index contributed by atoms with van der Waals surface area (Å²) in [7, 11) is 0. The normalized spacial score (nSPS) is 16.4. The highest BCUT2D eigenvalue weighted by molar-refractivity contribution is 7.98. The molecule has 1 aliphatic heterocycles. The summed E-state index contributed by atoms with van der Waals surface area (Å²) in [6.45, 7) is 6.82. The fourth-order valence-corrected chi connectivity index (χ4v) is 9.26. The molecule has 1 aliphatic carbocycles. The number of hydrogen-bond acceptors (Lipinski definition) is 2. The summed E-state index contributed by atoms with van der Waals surface area (Å²) in [4.78, 5) is 1.29. The molecule has 2 aliphatic rings. The molecule has 6 aromatic rings. The molecule has 0 bridgehead atoms. The molecular formula is C53H49NS. The highest BCUT2D eigenvalue weighted by Gasteiger charge is 2.33. The van der Waals surface area contributed by atoms with Crippen molar-refractivity contribution in [1.29, 1.82) is 0 Å². The van der Waals surface area contributed by atoms with Gasteiger partial charge < -0.3 is 5.32 Å². The second-order valence-electron chi connectivity index (χ2n) is 14.8. The topological polar surface area (TPSA) is 12.0 Å². The van der Waals surface area contributed by atoms with Gasteiger partial charge in [-0.2, -0.15) is 0 Å². The molecular weight excluding hydrogens is 683 g/mol. The van der Waals surface area contributed by atoms with Gasteiger partial charge in [0.15, 0.2) is 0 Å². The number of benzene rings is 6. The van der Waals surface area contributed by atoms with E-state index >= 15 is 0 Å². The van der Waals surface area contributed by atoms with Gasteiger partial charge in [0.05, 0.1) is 5.54 Å². The highest BCUT2D eigenvalue weighted by Crippen LogP contribution is 2.42. The minimum absolute atomic E-state index is 0.495. The van der Waals surface area contributed by atoms with Crippen LogP contribution in [0.4, 0.5) is 0 Å². The smallest absolute Gasteiger partial charge is 0.0854 e. The zero-order chi connectivity index (χ0) is 37.8. The van der Waals surface area contributed by atoms with Gasteiger partial charge in [0.25, 0.3) is 0 Å². The van der Waals surface area contributed by atoms with Crippen LogP contribution in [0, 0.1) is 13.8 Å². The van der Waals surface area contributed by atoms with E-state index in [-0.39, 0.29) is 0 Å². The van der Waals surface area contributed by atoms with Crippen LogP contribution in [0.25, 0.3) is 44.5 Å². The fourth-order valence-electron chi connectivity index (χ4n) is 8.64. The lowest BCUT2D eigenvalue weighted by atomic mass is 9.77. The second kappa shape index (κ2) is 16.0. The lowest BCUT2D eigenvalue weighted by Gasteiger charge is -2.36. The molecule has 1 N–H and O–H groups in total. The number of allylic oxidation sites excluding steroid dienone is 6. The molecule has 6 aromatic carbocycles. The van der Waals surface area contributed by atoms with Crippen LogP contribution in [-0.2, 0) is 18.4 Å². The Morgan fingerprint density at radius 1 is 0.673 bits per heavy atom. The molecule has 0 saturated carbocycles. The standard InChI is InChI=1S/C53H49NS/c1-5-39-17-9-12-27-50(39)52-37(2)29-30-47(38(52)3)48-25-11-10-20-45(48)36-53(46-24-16-22-42(34-46)40-18-7-6-8-19-40)35-44(31-32-54-53)41-21-15-23-43(33-41)49-26-13-14-28-51(49)55-4/h6-7,9-18,20-35,54H,5,8,19,36H2,1-4H3. The maximum atomic E-state index is 3.95. The summed E-state index contributed by atoms with van der Waals surface area (Å²) in [6.07, 6.45) is 19.7. The van der Waals surface area contributed by atoms with Crippen molar-refractivity contribution in [2.24, 2.45) is 0 Å².